The maximum atomic E-state index is 9.31. The molecule has 2 rings (SSSR count). The second kappa shape index (κ2) is 9.70. The van der Waals surface area contributed by atoms with Gasteiger partial charge in [-0.15, -0.1) is 0 Å². The molecular formula is C16H20BrN3O3. The van der Waals surface area contributed by atoms with Crippen molar-refractivity contribution in [3.63, 3.8) is 0 Å². The molecule has 124 valence electrons. The van der Waals surface area contributed by atoms with Gasteiger partial charge >= 0.3 is 0 Å². The van der Waals surface area contributed by atoms with Crippen LogP contribution in [0.15, 0.2) is 46.9 Å². The molecular weight excluding hydrogens is 362 g/mol. The number of benzene rings is 2. The third kappa shape index (κ3) is 6.58. The van der Waals surface area contributed by atoms with Crippen LogP contribution in [0.5, 0.6) is 11.5 Å². The number of nitrogens with zero attached hydrogens (tertiary/aromatic N) is 1. The molecule has 6 nitrogen and oxygen atoms in total. The fourth-order valence-corrected chi connectivity index (χ4v) is 2.13. The molecule has 4 N–H and O–H groups in total. The fourth-order valence-electron chi connectivity index (χ4n) is 1.65. The predicted molar refractivity (Wildman–Crippen MR) is 94.1 cm³/mol. The first-order chi connectivity index (χ1) is 11.0. The Morgan fingerprint density at radius 1 is 1.35 bits per heavy atom. The molecule has 0 unspecified atom stereocenters. The molecule has 0 fully saturated rings. The zero-order valence-corrected chi connectivity index (χ0v) is 14.6. The Labute approximate surface area is 144 Å². The number of nitrogens with two attached hydrogens (primary N) is 1. The Morgan fingerprint density at radius 2 is 2.00 bits per heavy atom. The standard InChI is InChI=1S/C14H14BrNO2.C2H6N2O/c1-16-13-5-3-2-4-10(13)9-18-14-7-6-11(17)8-12(14)15;1-4(3)2-5/h2-8,16-17H,9H2,1H3;2H,3H2,1H3. The Balaban J connectivity index is 0.000000463. The predicted octanol–water partition coefficient (Wildman–Crippen LogP) is 2.72. The highest BCUT2D eigenvalue weighted by Gasteiger charge is 2.04. The van der Waals surface area contributed by atoms with Gasteiger partial charge in [0.1, 0.15) is 18.1 Å². The Morgan fingerprint density at radius 3 is 2.57 bits per heavy atom. The van der Waals surface area contributed by atoms with Gasteiger partial charge in [0.05, 0.1) is 4.47 Å². The van der Waals surface area contributed by atoms with Crippen molar-refractivity contribution in [3.8, 4) is 11.5 Å². The monoisotopic (exact) mass is 381 g/mol. The number of carbonyl (C=O) groups is 1. The van der Waals surface area contributed by atoms with Crippen LogP contribution in [-0.2, 0) is 11.4 Å². The number of halogens is 1. The van der Waals surface area contributed by atoms with Gasteiger partial charge in [-0.2, -0.15) is 0 Å². The highest BCUT2D eigenvalue weighted by atomic mass is 79.9. The molecule has 0 saturated carbocycles. The number of hydrazine groups is 1. The van der Waals surface area contributed by atoms with E-state index < -0.39 is 0 Å². The third-order valence-electron chi connectivity index (χ3n) is 2.75. The number of rotatable bonds is 5. The number of aromatic hydroxyl groups is 1. The van der Waals surface area contributed by atoms with E-state index in [9.17, 15) is 9.90 Å². The normalized spacial score (nSPS) is 9.39. The first-order valence-electron chi connectivity index (χ1n) is 6.77. The molecule has 0 saturated heterocycles. The minimum atomic E-state index is 0.213. The summed E-state index contributed by atoms with van der Waals surface area (Å²) >= 11 is 3.36. The largest absolute Gasteiger partial charge is 0.508 e. The van der Waals surface area contributed by atoms with Gasteiger partial charge in [-0.1, -0.05) is 18.2 Å². The van der Waals surface area contributed by atoms with Crippen LogP contribution in [0.3, 0.4) is 0 Å². The highest BCUT2D eigenvalue weighted by Crippen LogP contribution is 2.29. The van der Waals surface area contributed by atoms with Gasteiger partial charge in [-0.05, 0) is 40.2 Å². The number of carbonyl (C=O) groups excluding carboxylic acids is 1. The Bertz CT molecular complexity index is 636. The molecule has 0 spiro atoms. The second-order valence-electron chi connectivity index (χ2n) is 4.58. The van der Waals surface area contributed by atoms with Crippen LogP contribution in [0, 0.1) is 0 Å². The molecule has 0 bridgehead atoms. The smallest absolute Gasteiger partial charge is 0.223 e. The number of ether oxygens (including phenoxy) is 1. The van der Waals surface area contributed by atoms with Crippen LogP contribution in [0.1, 0.15) is 5.56 Å². The number of anilines is 1. The maximum absolute atomic E-state index is 9.31. The van der Waals surface area contributed by atoms with Crippen LogP contribution in [0.2, 0.25) is 0 Å². The molecule has 2 aromatic rings. The van der Waals surface area contributed by atoms with Crippen molar-refractivity contribution in [3.05, 3.63) is 52.5 Å². The van der Waals surface area contributed by atoms with Gasteiger partial charge in [0.25, 0.3) is 0 Å². The van der Waals surface area contributed by atoms with Crippen molar-refractivity contribution in [2.45, 2.75) is 6.61 Å². The van der Waals surface area contributed by atoms with E-state index in [2.05, 4.69) is 21.2 Å². The summed E-state index contributed by atoms with van der Waals surface area (Å²) in [6, 6.07) is 12.9. The van der Waals surface area contributed by atoms with Gasteiger partial charge in [-0.3, -0.25) is 9.80 Å². The molecule has 0 aromatic heterocycles. The van der Waals surface area contributed by atoms with Crippen LogP contribution in [0.25, 0.3) is 0 Å². The highest BCUT2D eigenvalue weighted by molar-refractivity contribution is 9.10. The summed E-state index contributed by atoms with van der Waals surface area (Å²) in [5.41, 5.74) is 2.13. The number of nitrogens with one attached hydrogen (secondary N) is 1. The van der Waals surface area contributed by atoms with E-state index in [1.807, 2.05) is 31.3 Å². The summed E-state index contributed by atoms with van der Waals surface area (Å²) in [6.07, 6.45) is 0.528. The lowest BCUT2D eigenvalue weighted by molar-refractivity contribution is -0.117. The number of amides is 1. The Kier molecular flexibility index (Phi) is 7.93. The van der Waals surface area contributed by atoms with E-state index in [-0.39, 0.29) is 5.75 Å². The number of phenols is 1. The van der Waals surface area contributed by atoms with Crippen LogP contribution < -0.4 is 15.9 Å². The number of para-hydroxylation sites is 1. The molecule has 0 aliphatic heterocycles. The van der Waals surface area contributed by atoms with E-state index in [0.29, 0.717) is 18.8 Å². The molecule has 1 amide bonds. The molecule has 0 aliphatic rings. The van der Waals surface area contributed by atoms with Crippen molar-refractivity contribution in [2.75, 3.05) is 19.4 Å². The zero-order valence-electron chi connectivity index (χ0n) is 13.0. The molecule has 0 aliphatic carbocycles. The Hall–Kier alpha value is -2.25. The summed E-state index contributed by atoms with van der Waals surface area (Å²) < 4.78 is 6.46. The first kappa shape index (κ1) is 18.8. The van der Waals surface area contributed by atoms with Crippen LogP contribution in [-0.4, -0.2) is 30.6 Å². The van der Waals surface area contributed by atoms with Gasteiger partial charge < -0.3 is 15.2 Å². The summed E-state index contributed by atoms with van der Waals surface area (Å²) in [7, 11) is 3.35. The minimum absolute atomic E-state index is 0.213. The summed E-state index contributed by atoms with van der Waals surface area (Å²) in [6.45, 7) is 0.473. The van der Waals surface area contributed by atoms with Crippen molar-refractivity contribution >= 4 is 28.0 Å². The topological polar surface area (TPSA) is 87.8 Å². The summed E-state index contributed by atoms with van der Waals surface area (Å²) in [4.78, 5) is 9.31. The molecule has 2 aromatic carbocycles. The molecule has 0 atom stereocenters. The van der Waals surface area contributed by atoms with Gasteiger partial charge in [0.2, 0.25) is 6.41 Å². The molecule has 7 heteroatoms. The van der Waals surface area contributed by atoms with Crippen molar-refractivity contribution in [1.29, 1.82) is 0 Å². The number of phenolic OH excluding ortho intramolecular Hbond substituents is 1. The average Bonchev–Trinajstić information content (AvgIpc) is 2.55. The first-order valence-corrected chi connectivity index (χ1v) is 7.57. The van der Waals surface area contributed by atoms with Crippen LogP contribution in [0.4, 0.5) is 5.69 Å². The SMILES string of the molecule is CN(N)C=O.CNc1ccccc1COc1ccc(O)cc1Br. The van der Waals surface area contributed by atoms with E-state index in [0.717, 1.165) is 20.7 Å². The second-order valence-corrected chi connectivity index (χ2v) is 5.44. The van der Waals surface area contributed by atoms with Gasteiger partial charge in [-0.25, -0.2) is 5.84 Å². The molecule has 23 heavy (non-hydrogen) atoms. The van der Waals surface area contributed by atoms with Crippen LogP contribution >= 0.6 is 15.9 Å². The lowest BCUT2D eigenvalue weighted by Crippen LogP contribution is -2.23. The average molecular weight is 382 g/mol. The van der Waals surface area contributed by atoms with E-state index in [1.54, 1.807) is 18.2 Å². The summed E-state index contributed by atoms with van der Waals surface area (Å²) in [5, 5.41) is 13.4. The number of hydrogen-bond acceptors (Lipinski definition) is 5. The third-order valence-corrected chi connectivity index (χ3v) is 3.37. The molecule has 0 heterocycles. The quantitative estimate of drug-likeness (QED) is 0.320. The summed E-state index contributed by atoms with van der Waals surface area (Å²) in [5.74, 6) is 5.68. The maximum Gasteiger partial charge on any atom is 0.223 e. The number of hydrogen-bond donors (Lipinski definition) is 3. The van der Waals surface area contributed by atoms with E-state index in [1.165, 1.54) is 7.05 Å². The van der Waals surface area contributed by atoms with Crippen molar-refractivity contribution < 1.29 is 14.6 Å². The van der Waals surface area contributed by atoms with Gasteiger partial charge in [0, 0.05) is 25.3 Å². The van der Waals surface area contributed by atoms with E-state index >= 15 is 0 Å². The lowest BCUT2D eigenvalue weighted by Gasteiger charge is -2.11. The fraction of sp³-hybridized carbons (Fsp3) is 0.188. The van der Waals surface area contributed by atoms with E-state index in [4.69, 9.17) is 10.6 Å². The molecule has 0 radical (unpaired) electrons. The van der Waals surface area contributed by atoms with Gasteiger partial charge in [0.15, 0.2) is 0 Å². The van der Waals surface area contributed by atoms with Crippen molar-refractivity contribution in [2.24, 2.45) is 5.84 Å². The minimum Gasteiger partial charge on any atom is -0.508 e. The lowest BCUT2D eigenvalue weighted by atomic mass is 10.2. The van der Waals surface area contributed by atoms with Crippen molar-refractivity contribution in [1.82, 2.24) is 5.01 Å². The zero-order chi connectivity index (χ0) is 17.2.